The van der Waals surface area contributed by atoms with Gasteiger partial charge in [0.1, 0.15) is 25.3 Å². The van der Waals surface area contributed by atoms with Crippen molar-refractivity contribution < 1.29 is 9.22 Å². The van der Waals surface area contributed by atoms with E-state index in [1.54, 1.807) is 0 Å². The van der Waals surface area contributed by atoms with Gasteiger partial charge in [-0.3, -0.25) is 4.90 Å². The Kier molecular flexibility index (Phi) is 4.63. The average molecular weight is 289 g/mol. The summed E-state index contributed by atoms with van der Waals surface area (Å²) in [5.41, 5.74) is 1.46. The molecular formula is C18H29N2O+. The van der Waals surface area contributed by atoms with Gasteiger partial charge in [0.15, 0.2) is 0 Å². The van der Waals surface area contributed by atoms with Gasteiger partial charge in [0.2, 0.25) is 0 Å². The van der Waals surface area contributed by atoms with Crippen molar-refractivity contribution in [3.8, 4) is 0 Å². The standard InChI is InChI=1S/C18H29N2O/c1-16-14-20(15-17(2)21-16)12-10-19(11-13-20)9-8-18-6-4-3-5-7-18/h3-7,16-17H,8-15H2,1-2H3/q+1. The average Bonchev–Trinajstić information content (AvgIpc) is 2.47. The highest BCUT2D eigenvalue weighted by atomic mass is 16.5. The third kappa shape index (κ3) is 3.85. The molecule has 0 amide bonds. The predicted molar refractivity (Wildman–Crippen MR) is 86.3 cm³/mol. The summed E-state index contributed by atoms with van der Waals surface area (Å²) in [4.78, 5) is 2.64. The molecule has 2 atom stereocenters. The van der Waals surface area contributed by atoms with Crippen LogP contribution in [0.4, 0.5) is 0 Å². The van der Waals surface area contributed by atoms with E-state index in [1.165, 1.54) is 62.3 Å². The maximum absolute atomic E-state index is 5.92. The van der Waals surface area contributed by atoms with Gasteiger partial charge >= 0.3 is 0 Å². The van der Waals surface area contributed by atoms with Crippen LogP contribution < -0.4 is 0 Å². The molecule has 2 aliphatic heterocycles. The highest BCUT2D eigenvalue weighted by molar-refractivity contribution is 5.14. The van der Waals surface area contributed by atoms with Crippen molar-refractivity contribution in [1.82, 2.24) is 4.90 Å². The Morgan fingerprint density at radius 2 is 1.67 bits per heavy atom. The summed E-state index contributed by atoms with van der Waals surface area (Å²) in [6, 6.07) is 10.9. The monoisotopic (exact) mass is 289 g/mol. The van der Waals surface area contributed by atoms with E-state index < -0.39 is 0 Å². The van der Waals surface area contributed by atoms with Crippen LogP contribution in [0.25, 0.3) is 0 Å². The number of nitrogens with zero attached hydrogens (tertiary/aromatic N) is 2. The quantitative estimate of drug-likeness (QED) is 0.791. The van der Waals surface area contributed by atoms with Crippen molar-refractivity contribution in [2.75, 3.05) is 45.8 Å². The maximum atomic E-state index is 5.92. The summed E-state index contributed by atoms with van der Waals surface area (Å²) in [5.74, 6) is 0. The molecule has 2 aliphatic rings. The smallest absolute Gasteiger partial charge is 0.105 e. The van der Waals surface area contributed by atoms with Gasteiger partial charge in [-0.1, -0.05) is 30.3 Å². The van der Waals surface area contributed by atoms with Gasteiger partial charge in [-0.25, -0.2) is 0 Å². The minimum absolute atomic E-state index is 0.421. The number of ether oxygens (including phenoxy) is 1. The van der Waals surface area contributed by atoms with Crippen molar-refractivity contribution in [2.45, 2.75) is 32.5 Å². The Balaban J connectivity index is 1.49. The largest absolute Gasteiger partial charge is 0.364 e. The molecule has 2 saturated heterocycles. The van der Waals surface area contributed by atoms with Gasteiger partial charge in [-0.05, 0) is 25.8 Å². The first-order chi connectivity index (χ1) is 10.2. The Hall–Kier alpha value is -0.900. The minimum Gasteiger partial charge on any atom is -0.364 e. The molecule has 2 fully saturated rings. The van der Waals surface area contributed by atoms with Crippen LogP contribution in [0.15, 0.2) is 30.3 Å². The molecule has 0 bridgehead atoms. The number of quaternary nitrogens is 1. The van der Waals surface area contributed by atoms with Gasteiger partial charge < -0.3 is 9.22 Å². The van der Waals surface area contributed by atoms with E-state index in [9.17, 15) is 0 Å². The molecule has 0 saturated carbocycles. The third-order valence-corrected chi connectivity index (χ3v) is 5.09. The molecular weight excluding hydrogens is 260 g/mol. The fraction of sp³-hybridized carbons (Fsp3) is 0.667. The molecule has 2 heterocycles. The molecule has 1 spiro atoms. The highest BCUT2D eigenvalue weighted by Gasteiger charge is 2.39. The van der Waals surface area contributed by atoms with Gasteiger partial charge in [-0.15, -0.1) is 0 Å². The number of hydrogen-bond acceptors (Lipinski definition) is 2. The molecule has 0 aromatic heterocycles. The van der Waals surface area contributed by atoms with Gasteiger partial charge in [-0.2, -0.15) is 0 Å². The van der Waals surface area contributed by atoms with Crippen molar-refractivity contribution >= 4 is 0 Å². The zero-order valence-corrected chi connectivity index (χ0v) is 13.5. The second kappa shape index (κ2) is 6.47. The third-order valence-electron chi connectivity index (χ3n) is 5.09. The van der Waals surface area contributed by atoms with Crippen molar-refractivity contribution in [1.29, 1.82) is 0 Å². The fourth-order valence-corrected chi connectivity index (χ4v) is 4.10. The van der Waals surface area contributed by atoms with E-state index in [2.05, 4.69) is 49.1 Å². The van der Waals surface area contributed by atoms with E-state index in [1.807, 2.05) is 0 Å². The summed E-state index contributed by atoms with van der Waals surface area (Å²) in [6.45, 7) is 13.2. The van der Waals surface area contributed by atoms with E-state index in [0.717, 1.165) is 0 Å². The molecule has 0 aliphatic carbocycles. The van der Waals surface area contributed by atoms with Crippen molar-refractivity contribution in [3.05, 3.63) is 35.9 Å². The number of rotatable bonds is 3. The fourth-order valence-electron chi connectivity index (χ4n) is 4.10. The number of hydrogen-bond donors (Lipinski definition) is 0. The molecule has 1 aromatic carbocycles. The van der Waals surface area contributed by atoms with E-state index in [0.29, 0.717) is 12.2 Å². The minimum atomic E-state index is 0.421. The van der Waals surface area contributed by atoms with E-state index in [4.69, 9.17) is 4.74 Å². The lowest BCUT2D eigenvalue weighted by atomic mass is 10.1. The van der Waals surface area contributed by atoms with E-state index >= 15 is 0 Å². The van der Waals surface area contributed by atoms with Crippen LogP contribution in [-0.4, -0.2) is 67.4 Å². The summed E-state index contributed by atoms with van der Waals surface area (Å²) in [6.07, 6.45) is 2.02. The van der Waals surface area contributed by atoms with Gasteiger partial charge in [0.25, 0.3) is 0 Å². The lowest BCUT2D eigenvalue weighted by Gasteiger charge is -2.50. The van der Waals surface area contributed by atoms with E-state index in [-0.39, 0.29) is 0 Å². The van der Waals surface area contributed by atoms with Crippen molar-refractivity contribution in [3.63, 3.8) is 0 Å². The molecule has 2 unspecified atom stereocenters. The number of piperazine rings is 1. The lowest BCUT2D eigenvalue weighted by Crippen LogP contribution is -2.66. The molecule has 3 heteroatoms. The van der Waals surface area contributed by atoms with Crippen LogP contribution in [0.3, 0.4) is 0 Å². The Morgan fingerprint density at radius 1 is 1.05 bits per heavy atom. The summed E-state index contributed by atoms with van der Waals surface area (Å²) >= 11 is 0. The van der Waals surface area contributed by atoms with Crippen LogP contribution in [-0.2, 0) is 11.2 Å². The Bertz CT molecular complexity index is 428. The summed E-state index contributed by atoms with van der Waals surface area (Å²) in [7, 11) is 0. The first-order valence-electron chi connectivity index (χ1n) is 8.42. The second-order valence-corrected chi connectivity index (χ2v) is 6.99. The second-order valence-electron chi connectivity index (χ2n) is 6.99. The van der Waals surface area contributed by atoms with Gasteiger partial charge in [0, 0.05) is 19.6 Å². The molecule has 0 radical (unpaired) electrons. The number of benzene rings is 1. The molecule has 1 aromatic rings. The lowest BCUT2D eigenvalue weighted by molar-refractivity contribution is -0.945. The van der Waals surface area contributed by atoms with Crippen LogP contribution in [0, 0.1) is 0 Å². The molecule has 3 nitrogen and oxygen atoms in total. The summed E-state index contributed by atoms with van der Waals surface area (Å²) in [5, 5.41) is 0. The topological polar surface area (TPSA) is 12.5 Å². The molecule has 21 heavy (non-hydrogen) atoms. The van der Waals surface area contributed by atoms with Crippen LogP contribution in [0.1, 0.15) is 19.4 Å². The molecule has 3 rings (SSSR count). The Labute approximate surface area is 129 Å². The highest BCUT2D eigenvalue weighted by Crippen LogP contribution is 2.22. The SMILES string of the molecule is CC1C[N+]2(CCN(CCc3ccccc3)CC2)CC(C)O1. The van der Waals surface area contributed by atoms with Crippen LogP contribution in [0.2, 0.25) is 0 Å². The van der Waals surface area contributed by atoms with Crippen LogP contribution in [0.5, 0.6) is 0 Å². The van der Waals surface area contributed by atoms with Crippen molar-refractivity contribution in [2.24, 2.45) is 0 Å². The number of morpholine rings is 1. The molecule has 116 valence electrons. The normalized spacial score (nSPS) is 29.6. The van der Waals surface area contributed by atoms with Crippen LogP contribution >= 0.6 is 0 Å². The van der Waals surface area contributed by atoms with Gasteiger partial charge in [0.05, 0.1) is 13.1 Å². The zero-order chi connectivity index (χ0) is 14.7. The zero-order valence-electron chi connectivity index (χ0n) is 13.5. The first-order valence-corrected chi connectivity index (χ1v) is 8.42. The molecule has 0 N–H and O–H groups in total. The maximum Gasteiger partial charge on any atom is 0.105 e. The summed E-state index contributed by atoms with van der Waals surface area (Å²) < 4.78 is 7.20. The first kappa shape index (κ1) is 15.0. The Morgan fingerprint density at radius 3 is 2.29 bits per heavy atom. The predicted octanol–water partition coefficient (Wildman–Crippen LogP) is 2.17.